The largest absolute Gasteiger partial charge is 0.460 e. The molecule has 1 aliphatic rings. The van der Waals surface area contributed by atoms with Crippen molar-refractivity contribution in [2.24, 2.45) is 11.8 Å². The fraction of sp³-hybridized carbons (Fsp3) is 0.833. The average Bonchev–Trinajstić information content (AvgIpc) is 3.04. The predicted molar refractivity (Wildman–Crippen MR) is 187 cm³/mol. The first kappa shape index (κ1) is 44.8. The van der Waals surface area contributed by atoms with Crippen molar-refractivity contribution in [2.45, 2.75) is 168 Å². The standard InChI is InChI=1S/C36H64N4O10/c1-7-9-11-12-14-16-26-20-32(44)38-29(21-41)34(46)39-28(18-24(5)6)35(47)49-25(15-13-10-8-2)19-31(43)37-27(17-23(3)4)33(45)40-30(22-42)36(48)50-26/h23-30,41-42H,7-22H2,1-6H3,(H,37,43)(H,38,44)(H,39,46)(H,40,45)/t25-,26-,27-,28+,29+,30+/m1/s1. The molecule has 14 heteroatoms. The first-order valence-corrected chi connectivity index (χ1v) is 18.6. The van der Waals surface area contributed by atoms with E-state index in [2.05, 4.69) is 28.2 Å². The van der Waals surface area contributed by atoms with Gasteiger partial charge in [-0.15, -0.1) is 0 Å². The number of rotatable bonds is 16. The van der Waals surface area contributed by atoms with Gasteiger partial charge < -0.3 is 41.0 Å². The van der Waals surface area contributed by atoms with E-state index >= 15 is 0 Å². The van der Waals surface area contributed by atoms with Crippen LogP contribution < -0.4 is 21.3 Å². The molecular weight excluding hydrogens is 648 g/mol. The summed E-state index contributed by atoms with van der Waals surface area (Å²) >= 11 is 0. The molecule has 0 bridgehead atoms. The number of carbonyl (C=O) groups excluding carboxylic acids is 6. The van der Waals surface area contributed by atoms with Gasteiger partial charge in [0.05, 0.1) is 26.1 Å². The van der Waals surface area contributed by atoms with E-state index in [1.54, 1.807) is 0 Å². The van der Waals surface area contributed by atoms with Crippen LogP contribution in [-0.2, 0) is 38.2 Å². The molecule has 0 spiro atoms. The summed E-state index contributed by atoms with van der Waals surface area (Å²) in [5, 5.41) is 30.4. The van der Waals surface area contributed by atoms with Crippen LogP contribution >= 0.6 is 0 Å². The Morgan fingerprint density at radius 1 is 0.560 bits per heavy atom. The molecule has 1 saturated heterocycles. The third kappa shape index (κ3) is 18.1. The zero-order valence-corrected chi connectivity index (χ0v) is 31.1. The molecule has 14 nitrogen and oxygen atoms in total. The third-order valence-electron chi connectivity index (χ3n) is 8.44. The van der Waals surface area contributed by atoms with Crippen molar-refractivity contribution in [3.05, 3.63) is 0 Å². The van der Waals surface area contributed by atoms with Crippen molar-refractivity contribution in [3.63, 3.8) is 0 Å². The normalized spacial score (nSPS) is 25.3. The lowest BCUT2D eigenvalue weighted by atomic mass is 10.0. The molecule has 1 heterocycles. The highest BCUT2D eigenvalue weighted by Crippen LogP contribution is 2.17. The maximum Gasteiger partial charge on any atom is 0.331 e. The van der Waals surface area contributed by atoms with Crippen molar-refractivity contribution in [3.8, 4) is 0 Å². The van der Waals surface area contributed by atoms with Crippen molar-refractivity contribution in [1.82, 2.24) is 21.3 Å². The zero-order valence-electron chi connectivity index (χ0n) is 31.1. The summed E-state index contributed by atoms with van der Waals surface area (Å²) in [6.07, 6.45) is 5.52. The Kier molecular flexibility index (Phi) is 22.2. The Labute approximate surface area is 297 Å². The first-order valence-electron chi connectivity index (χ1n) is 18.6. The number of hydrogen-bond donors (Lipinski definition) is 6. The maximum atomic E-state index is 13.5. The molecule has 50 heavy (non-hydrogen) atoms. The summed E-state index contributed by atoms with van der Waals surface area (Å²) < 4.78 is 11.5. The topological polar surface area (TPSA) is 209 Å². The highest BCUT2D eigenvalue weighted by molar-refractivity contribution is 5.92. The van der Waals surface area contributed by atoms with Crippen LogP contribution in [0.4, 0.5) is 0 Å². The Morgan fingerprint density at radius 3 is 1.46 bits per heavy atom. The molecule has 0 aromatic rings. The molecule has 4 amide bonds. The minimum Gasteiger partial charge on any atom is -0.460 e. The van der Waals surface area contributed by atoms with Gasteiger partial charge in [0, 0.05) is 0 Å². The molecule has 0 radical (unpaired) electrons. The highest BCUT2D eigenvalue weighted by Gasteiger charge is 2.33. The predicted octanol–water partition coefficient (Wildman–Crippen LogP) is 2.56. The number of amides is 4. The minimum absolute atomic E-state index is 0.0342. The molecule has 1 aliphatic heterocycles. The fourth-order valence-electron chi connectivity index (χ4n) is 5.72. The molecule has 6 atom stereocenters. The average molecular weight is 713 g/mol. The van der Waals surface area contributed by atoms with E-state index in [4.69, 9.17) is 9.47 Å². The maximum absolute atomic E-state index is 13.5. The third-order valence-corrected chi connectivity index (χ3v) is 8.44. The molecular formula is C36H64N4O10. The van der Waals surface area contributed by atoms with Crippen LogP contribution in [0.1, 0.15) is 131 Å². The summed E-state index contributed by atoms with van der Waals surface area (Å²) in [6.45, 7) is 9.98. The molecule has 0 aromatic heterocycles. The zero-order chi connectivity index (χ0) is 37.6. The second kappa shape index (κ2) is 24.8. The molecule has 1 fully saturated rings. The van der Waals surface area contributed by atoms with Crippen LogP contribution in [0.2, 0.25) is 0 Å². The van der Waals surface area contributed by atoms with E-state index in [0.717, 1.165) is 38.5 Å². The lowest BCUT2D eigenvalue weighted by Gasteiger charge is -2.27. The lowest BCUT2D eigenvalue weighted by molar-refractivity contribution is -0.156. The summed E-state index contributed by atoms with van der Waals surface area (Å²) in [7, 11) is 0. The number of cyclic esters (lactones) is 2. The molecule has 288 valence electrons. The van der Waals surface area contributed by atoms with Crippen molar-refractivity contribution in [1.29, 1.82) is 0 Å². The fourth-order valence-corrected chi connectivity index (χ4v) is 5.72. The van der Waals surface area contributed by atoms with E-state index in [1.165, 1.54) is 0 Å². The quantitative estimate of drug-likeness (QED) is 0.102. The van der Waals surface area contributed by atoms with Crippen LogP contribution in [0.25, 0.3) is 0 Å². The number of hydrogen-bond acceptors (Lipinski definition) is 10. The van der Waals surface area contributed by atoms with Crippen molar-refractivity contribution < 1.29 is 48.5 Å². The van der Waals surface area contributed by atoms with Crippen molar-refractivity contribution in [2.75, 3.05) is 13.2 Å². The molecule has 0 aliphatic carbocycles. The van der Waals surface area contributed by atoms with E-state index in [1.807, 2.05) is 34.6 Å². The molecule has 1 rings (SSSR count). The lowest BCUT2D eigenvalue weighted by Crippen LogP contribution is -2.55. The van der Waals surface area contributed by atoms with Gasteiger partial charge in [0.2, 0.25) is 23.6 Å². The number of carbonyl (C=O) groups is 6. The second-order valence-corrected chi connectivity index (χ2v) is 14.2. The summed E-state index contributed by atoms with van der Waals surface area (Å²) in [5.74, 6) is -4.51. The van der Waals surface area contributed by atoms with Crippen LogP contribution in [0, 0.1) is 11.8 Å². The Morgan fingerprint density at radius 2 is 0.960 bits per heavy atom. The van der Waals surface area contributed by atoms with Gasteiger partial charge in [-0.05, 0) is 50.4 Å². The van der Waals surface area contributed by atoms with Crippen LogP contribution in [0.15, 0.2) is 0 Å². The van der Waals surface area contributed by atoms with Gasteiger partial charge in [0.25, 0.3) is 0 Å². The van der Waals surface area contributed by atoms with Gasteiger partial charge in [-0.3, -0.25) is 19.2 Å². The van der Waals surface area contributed by atoms with E-state index in [9.17, 15) is 39.0 Å². The van der Waals surface area contributed by atoms with Crippen LogP contribution in [0.5, 0.6) is 0 Å². The molecule has 6 N–H and O–H groups in total. The summed E-state index contributed by atoms with van der Waals surface area (Å²) in [4.78, 5) is 79.9. The monoisotopic (exact) mass is 712 g/mol. The Bertz CT molecular complexity index is 1070. The van der Waals surface area contributed by atoms with E-state index in [-0.39, 0.29) is 37.5 Å². The van der Waals surface area contributed by atoms with Crippen LogP contribution in [0.3, 0.4) is 0 Å². The Balaban J connectivity index is 3.50. The number of aliphatic hydroxyl groups excluding tert-OH is 2. The SMILES string of the molecule is CCCCCCC[C@@H]1CC(=O)N[C@@H](CO)C(=O)N[C@@H](CC(C)C)C(=O)O[C@H](CCCCC)CC(=O)N[C@H](CC(C)C)C(=O)N[C@@H](CO)C(=O)O1. The van der Waals surface area contributed by atoms with Gasteiger partial charge >= 0.3 is 11.9 Å². The smallest absolute Gasteiger partial charge is 0.331 e. The second-order valence-electron chi connectivity index (χ2n) is 14.2. The van der Waals surface area contributed by atoms with E-state index < -0.39 is 85.2 Å². The number of ether oxygens (including phenoxy) is 2. The van der Waals surface area contributed by atoms with Crippen molar-refractivity contribution >= 4 is 35.6 Å². The van der Waals surface area contributed by atoms with Gasteiger partial charge in [0.1, 0.15) is 30.3 Å². The van der Waals surface area contributed by atoms with Gasteiger partial charge in [-0.1, -0.05) is 80.1 Å². The van der Waals surface area contributed by atoms with Crippen LogP contribution in [-0.4, -0.2) is 95.4 Å². The number of aliphatic hydroxyl groups is 2. The van der Waals surface area contributed by atoms with Gasteiger partial charge in [-0.25, -0.2) is 9.59 Å². The van der Waals surface area contributed by atoms with E-state index in [0.29, 0.717) is 25.7 Å². The van der Waals surface area contributed by atoms with Gasteiger partial charge in [-0.2, -0.15) is 0 Å². The number of esters is 2. The molecule has 0 aromatic carbocycles. The molecule has 0 unspecified atom stereocenters. The first-order chi connectivity index (χ1) is 23.7. The molecule has 0 saturated carbocycles. The summed E-state index contributed by atoms with van der Waals surface area (Å²) in [5.41, 5.74) is 0. The Hall–Kier alpha value is -3.26. The minimum atomic E-state index is -1.47. The highest BCUT2D eigenvalue weighted by atomic mass is 16.6. The number of unbranched alkanes of at least 4 members (excludes halogenated alkanes) is 6. The number of nitrogens with one attached hydrogen (secondary N) is 4. The summed E-state index contributed by atoms with van der Waals surface area (Å²) in [6, 6.07) is -5.07. The van der Waals surface area contributed by atoms with Gasteiger partial charge in [0.15, 0.2) is 6.04 Å².